The molecule has 0 radical (unpaired) electrons. The molecule has 7 heteroatoms. The van der Waals surface area contributed by atoms with E-state index in [0.29, 0.717) is 5.92 Å². The molecule has 5 nitrogen and oxygen atoms in total. The molecule has 0 aliphatic heterocycles. The van der Waals surface area contributed by atoms with E-state index in [1.807, 2.05) is 33.8 Å². The van der Waals surface area contributed by atoms with Crippen LogP contribution in [0.3, 0.4) is 0 Å². The number of aliphatic carboxylic acids is 1. The summed E-state index contributed by atoms with van der Waals surface area (Å²) in [6.07, 6.45) is 0.896. The van der Waals surface area contributed by atoms with Gasteiger partial charge in [-0.15, -0.1) is 0 Å². The van der Waals surface area contributed by atoms with Gasteiger partial charge >= 0.3 is 212 Å². The molecule has 3 N–H and O–H groups in total. The van der Waals surface area contributed by atoms with E-state index in [4.69, 9.17) is 0 Å². The number of benzene rings is 2. The first kappa shape index (κ1) is 26.7. The Balaban J connectivity index is 2.07. The summed E-state index contributed by atoms with van der Waals surface area (Å²) in [4.78, 5) is 16.0. The summed E-state index contributed by atoms with van der Waals surface area (Å²) in [7, 11) is 0. The predicted octanol–water partition coefficient (Wildman–Crippen LogP) is 6.45. The number of rotatable bonds is 11. The van der Waals surface area contributed by atoms with Crippen LogP contribution in [-0.4, -0.2) is 41.4 Å². The maximum absolute atomic E-state index is 11.5. The Morgan fingerprint density at radius 3 is 2.56 bits per heavy atom. The van der Waals surface area contributed by atoms with Crippen LogP contribution < -0.4 is 9.67 Å². The molecule has 0 fully saturated rings. The summed E-state index contributed by atoms with van der Waals surface area (Å²) in [6.45, 7) is 12.3. The summed E-state index contributed by atoms with van der Waals surface area (Å²) in [5, 5.41) is 26.7. The fourth-order valence-electron chi connectivity index (χ4n) is 4.32. The Bertz CT molecular complexity index is 1140. The zero-order valence-electron chi connectivity index (χ0n) is 21.1. The van der Waals surface area contributed by atoms with Crippen LogP contribution in [0.1, 0.15) is 63.9 Å². The number of carboxylic acids is 1. The van der Waals surface area contributed by atoms with Crippen molar-refractivity contribution in [2.24, 2.45) is 5.92 Å². The number of aryl methyl sites for hydroxylation is 1. The van der Waals surface area contributed by atoms with E-state index in [-0.39, 0.29) is 12.3 Å². The van der Waals surface area contributed by atoms with E-state index in [9.17, 15) is 15.0 Å². The minimum atomic E-state index is -1.61. The van der Waals surface area contributed by atoms with Crippen molar-refractivity contribution in [3.8, 4) is 0 Å². The van der Waals surface area contributed by atoms with Gasteiger partial charge < -0.3 is 0 Å². The third-order valence-electron chi connectivity index (χ3n) is 5.68. The number of hydrogen-bond acceptors (Lipinski definition) is 5. The Morgan fingerprint density at radius 2 is 1.94 bits per heavy atom. The quantitative estimate of drug-likeness (QED) is 0.242. The number of carbonyl (C=O) groups is 1. The molecule has 0 spiro atoms. The number of nitrogens with one attached hydrogen (secondary N) is 1. The fourth-order valence-corrected chi connectivity index (χ4v) is 11.6. The van der Waals surface area contributed by atoms with Crippen LogP contribution in [0.5, 0.6) is 0 Å². The van der Waals surface area contributed by atoms with Gasteiger partial charge in [-0.2, -0.15) is 0 Å². The van der Waals surface area contributed by atoms with Gasteiger partial charge in [0.15, 0.2) is 0 Å². The maximum atomic E-state index is 11.5. The molecule has 1 heterocycles. The van der Waals surface area contributed by atoms with Crippen molar-refractivity contribution in [3.63, 3.8) is 0 Å². The van der Waals surface area contributed by atoms with Crippen LogP contribution in [0.15, 0.2) is 36.4 Å². The van der Waals surface area contributed by atoms with Crippen molar-refractivity contribution in [2.45, 2.75) is 76.3 Å². The monoisotopic (exact) mass is 544 g/mol. The van der Waals surface area contributed by atoms with Gasteiger partial charge in [0.25, 0.3) is 0 Å². The Kier molecular flexibility index (Phi) is 8.83. The number of anilines is 2. The summed E-state index contributed by atoms with van der Waals surface area (Å²) in [5.41, 5.74) is 3.38. The van der Waals surface area contributed by atoms with Gasteiger partial charge in [-0.25, -0.2) is 0 Å². The van der Waals surface area contributed by atoms with Crippen LogP contribution in [0.4, 0.5) is 11.4 Å². The number of carboxylic acid groups (broad SMARTS) is 1. The fraction of sp³-hybridized carbons (Fsp3) is 0.481. The molecule has 3 aromatic rings. The van der Waals surface area contributed by atoms with Crippen LogP contribution >= 0.6 is 11.3 Å². The second-order valence-electron chi connectivity index (χ2n) is 10.1. The van der Waals surface area contributed by atoms with Gasteiger partial charge in [-0.05, 0) is 0 Å². The molecular formula is C27H37AsN2O3S. The van der Waals surface area contributed by atoms with E-state index in [0.717, 1.165) is 49.0 Å². The Hall–Kier alpha value is -1.88. The standard InChI is InChI=1S/C27H37AsN2O3S/c1-7-19(13-26(31)32)20-8-10-22(28(15-17(2)3)16-27(5,6)33)24(12-20)30-21-9-11-23-25(14-21)34-18(4)29-23/h8-12,14,17,19,30,33H,7,13,15-16H2,1-6H3,(H,31,32). The molecule has 2 aromatic carbocycles. The topological polar surface area (TPSA) is 82.5 Å². The summed E-state index contributed by atoms with van der Waals surface area (Å²) < 4.78 is 2.45. The average molecular weight is 545 g/mol. The second kappa shape index (κ2) is 11.2. The van der Waals surface area contributed by atoms with E-state index in [2.05, 4.69) is 54.5 Å². The van der Waals surface area contributed by atoms with Crippen molar-refractivity contribution in [1.82, 2.24) is 4.98 Å². The number of nitrogens with zero attached hydrogens (tertiary/aromatic N) is 1. The molecule has 1 aromatic heterocycles. The number of fused-ring (bicyclic) bond motifs is 1. The third kappa shape index (κ3) is 7.31. The van der Waals surface area contributed by atoms with Crippen molar-refractivity contribution in [1.29, 1.82) is 0 Å². The third-order valence-corrected chi connectivity index (χ3v) is 13.7. The van der Waals surface area contributed by atoms with Gasteiger partial charge in [-0.3, -0.25) is 0 Å². The number of aliphatic hydroxyl groups is 1. The minimum absolute atomic E-state index is 0.0287. The predicted molar refractivity (Wildman–Crippen MR) is 146 cm³/mol. The summed E-state index contributed by atoms with van der Waals surface area (Å²) in [6, 6.07) is 12.7. The van der Waals surface area contributed by atoms with E-state index < -0.39 is 26.2 Å². The van der Waals surface area contributed by atoms with Crippen LogP contribution in [0, 0.1) is 12.8 Å². The molecular weight excluding hydrogens is 507 g/mol. The molecule has 184 valence electrons. The molecule has 0 saturated carbocycles. The van der Waals surface area contributed by atoms with Crippen molar-refractivity contribution in [3.05, 3.63) is 47.0 Å². The van der Waals surface area contributed by atoms with Gasteiger partial charge in [0.1, 0.15) is 0 Å². The molecule has 2 unspecified atom stereocenters. The summed E-state index contributed by atoms with van der Waals surface area (Å²) >= 11 is 0.0678. The van der Waals surface area contributed by atoms with E-state index in [1.54, 1.807) is 11.3 Å². The van der Waals surface area contributed by atoms with Crippen molar-refractivity contribution in [2.75, 3.05) is 5.32 Å². The van der Waals surface area contributed by atoms with Crippen LogP contribution in [0.25, 0.3) is 10.2 Å². The first-order valence-corrected chi connectivity index (χ1v) is 16.3. The van der Waals surface area contributed by atoms with Gasteiger partial charge in [0, 0.05) is 0 Å². The number of aromatic nitrogens is 1. The Morgan fingerprint density at radius 1 is 1.21 bits per heavy atom. The zero-order chi connectivity index (χ0) is 25.0. The molecule has 0 saturated heterocycles. The van der Waals surface area contributed by atoms with E-state index >= 15 is 0 Å². The second-order valence-corrected chi connectivity index (χ2v) is 16.0. The molecule has 0 aliphatic rings. The van der Waals surface area contributed by atoms with Crippen LogP contribution in [0.2, 0.25) is 10.4 Å². The molecule has 0 bridgehead atoms. The van der Waals surface area contributed by atoms with Gasteiger partial charge in [0.05, 0.1) is 0 Å². The zero-order valence-corrected chi connectivity index (χ0v) is 23.7. The normalized spacial score (nSPS) is 13.9. The molecule has 3 rings (SSSR count). The first-order valence-electron chi connectivity index (χ1n) is 11.9. The molecule has 2 atom stereocenters. The molecule has 0 aliphatic carbocycles. The average Bonchev–Trinajstić information content (AvgIpc) is 3.09. The van der Waals surface area contributed by atoms with Gasteiger partial charge in [0.2, 0.25) is 0 Å². The van der Waals surface area contributed by atoms with Crippen molar-refractivity contribution >= 4 is 57.9 Å². The number of hydrogen-bond donors (Lipinski definition) is 3. The van der Waals surface area contributed by atoms with Crippen molar-refractivity contribution < 1.29 is 15.0 Å². The van der Waals surface area contributed by atoms with Crippen LogP contribution in [-0.2, 0) is 4.79 Å². The van der Waals surface area contributed by atoms with Gasteiger partial charge in [-0.1, -0.05) is 0 Å². The van der Waals surface area contributed by atoms with E-state index in [1.165, 1.54) is 4.35 Å². The molecule has 34 heavy (non-hydrogen) atoms. The molecule has 0 amide bonds. The number of thiazole rings is 1. The Labute approximate surface area is 211 Å². The first-order chi connectivity index (χ1) is 15.9. The SMILES string of the molecule is CCC(CC(=O)O)c1ccc([As](CC(C)C)CC(C)(C)O)c(Nc2ccc3nc(C)sc3c2)c1. The summed E-state index contributed by atoms with van der Waals surface area (Å²) in [5.74, 6) is -0.258.